The van der Waals surface area contributed by atoms with Crippen molar-refractivity contribution in [3.8, 4) is 0 Å². The van der Waals surface area contributed by atoms with Crippen LogP contribution in [0, 0.1) is 12.8 Å². The highest BCUT2D eigenvalue weighted by atomic mass is 16.5. The van der Waals surface area contributed by atoms with Crippen LogP contribution in [0.15, 0.2) is 24.3 Å². The molecular weight excluding hydrogens is 200 g/mol. The van der Waals surface area contributed by atoms with Crippen molar-refractivity contribution in [2.45, 2.75) is 32.8 Å². The number of benzene rings is 1. The van der Waals surface area contributed by atoms with Crippen LogP contribution in [-0.4, -0.2) is 18.5 Å². The molecule has 1 unspecified atom stereocenters. The highest BCUT2D eigenvalue weighted by Gasteiger charge is 2.37. The van der Waals surface area contributed by atoms with Crippen LogP contribution in [0.4, 0.5) is 0 Å². The summed E-state index contributed by atoms with van der Waals surface area (Å²) < 4.78 is 5.59. The van der Waals surface area contributed by atoms with Crippen molar-refractivity contribution < 1.29 is 9.53 Å². The van der Waals surface area contributed by atoms with Gasteiger partial charge in [-0.3, -0.25) is 4.79 Å². The zero-order chi connectivity index (χ0) is 11.5. The van der Waals surface area contributed by atoms with Gasteiger partial charge in [0.2, 0.25) is 0 Å². The summed E-state index contributed by atoms with van der Waals surface area (Å²) in [6.07, 6.45) is 2.04. The number of aryl methyl sites for hydroxylation is 1. The van der Waals surface area contributed by atoms with Crippen LogP contribution in [0.25, 0.3) is 0 Å². The lowest BCUT2D eigenvalue weighted by Crippen LogP contribution is -2.27. The molecule has 2 rings (SSSR count). The van der Waals surface area contributed by atoms with E-state index >= 15 is 0 Å². The minimum atomic E-state index is -0.217. The van der Waals surface area contributed by atoms with Gasteiger partial charge in [0.05, 0.1) is 0 Å². The summed E-state index contributed by atoms with van der Waals surface area (Å²) in [5.41, 5.74) is 1.85. The molecule has 0 aliphatic heterocycles. The van der Waals surface area contributed by atoms with Gasteiger partial charge >= 0.3 is 0 Å². The molecule has 0 amide bonds. The molecule has 1 aromatic carbocycles. The summed E-state index contributed by atoms with van der Waals surface area (Å²) in [6.45, 7) is 4.53. The van der Waals surface area contributed by atoms with E-state index in [1.165, 1.54) is 0 Å². The van der Waals surface area contributed by atoms with Gasteiger partial charge in [-0.1, -0.05) is 24.3 Å². The lowest BCUT2D eigenvalue weighted by molar-refractivity contribution is 0.0374. The number of ether oxygens (including phenoxy) is 1. The Kier molecular flexibility index (Phi) is 3.39. The van der Waals surface area contributed by atoms with Crippen molar-refractivity contribution in [3.63, 3.8) is 0 Å². The van der Waals surface area contributed by atoms with Gasteiger partial charge in [0.15, 0.2) is 5.78 Å². The van der Waals surface area contributed by atoms with Gasteiger partial charge in [-0.25, -0.2) is 0 Å². The van der Waals surface area contributed by atoms with Gasteiger partial charge in [-0.15, -0.1) is 0 Å². The van der Waals surface area contributed by atoms with Crippen molar-refractivity contribution in [1.82, 2.24) is 0 Å². The van der Waals surface area contributed by atoms with Crippen molar-refractivity contribution >= 4 is 5.78 Å². The van der Waals surface area contributed by atoms with Crippen LogP contribution in [0.3, 0.4) is 0 Å². The van der Waals surface area contributed by atoms with Crippen LogP contribution >= 0.6 is 0 Å². The van der Waals surface area contributed by atoms with E-state index in [0.29, 0.717) is 12.5 Å². The fraction of sp³-hybridized carbons (Fsp3) is 0.500. The Bertz CT molecular complexity index is 380. The minimum Gasteiger partial charge on any atom is -0.370 e. The van der Waals surface area contributed by atoms with E-state index in [2.05, 4.69) is 0 Å². The molecule has 1 aliphatic carbocycles. The highest BCUT2D eigenvalue weighted by molar-refractivity contribution is 6.01. The number of hydrogen-bond donors (Lipinski definition) is 0. The lowest BCUT2D eigenvalue weighted by Gasteiger charge is -2.16. The Morgan fingerprint density at radius 3 is 2.69 bits per heavy atom. The Labute approximate surface area is 96.6 Å². The zero-order valence-electron chi connectivity index (χ0n) is 9.90. The topological polar surface area (TPSA) is 26.3 Å². The average Bonchev–Trinajstić information content (AvgIpc) is 3.09. The third-order valence-corrected chi connectivity index (χ3v) is 3.07. The Morgan fingerprint density at radius 1 is 1.44 bits per heavy atom. The molecule has 1 aliphatic rings. The predicted molar refractivity (Wildman–Crippen MR) is 63.6 cm³/mol. The van der Waals surface area contributed by atoms with E-state index in [1.807, 2.05) is 38.1 Å². The van der Waals surface area contributed by atoms with Crippen LogP contribution in [0.2, 0.25) is 0 Å². The van der Waals surface area contributed by atoms with Crippen molar-refractivity contribution in [3.05, 3.63) is 35.4 Å². The first-order valence-electron chi connectivity index (χ1n) is 5.95. The Hall–Kier alpha value is -1.15. The van der Waals surface area contributed by atoms with Crippen molar-refractivity contribution in [2.24, 2.45) is 5.92 Å². The zero-order valence-corrected chi connectivity index (χ0v) is 9.90. The van der Waals surface area contributed by atoms with E-state index in [0.717, 1.165) is 24.0 Å². The normalized spacial score (nSPS) is 17.1. The molecule has 0 aromatic heterocycles. The Balaban J connectivity index is 2.19. The van der Waals surface area contributed by atoms with Gasteiger partial charge < -0.3 is 4.74 Å². The number of ketones is 1. The van der Waals surface area contributed by atoms with Crippen LogP contribution < -0.4 is 0 Å². The Morgan fingerprint density at radius 2 is 2.12 bits per heavy atom. The minimum absolute atomic E-state index is 0.155. The number of carbonyl (C=O) groups is 1. The van der Waals surface area contributed by atoms with E-state index in [-0.39, 0.29) is 11.9 Å². The maximum Gasteiger partial charge on any atom is 0.192 e. The first-order valence-corrected chi connectivity index (χ1v) is 5.95. The standard InChI is InChI=1S/C14H18O2/c1-3-16-14(11-8-9-11)13(15)12-7-5-4-6-10(12)2/h4-7,11,14H,3,8-9H2,1-2H3. The molecular formula is C14H18O2. The van der Waals surface area contributed by atoms with Crippen LogP contribution in [0.5, 0.6) is 0 Å². The SMILES string of the molecule is CCOC(C(=O)c1ccccc1C)C1CC1. The van der Waals surface area contributed by atoms with Gasteiger partial charge in [-0.05, 0) is 38.2 Å². The molecule has 0 saturated heterocycles. The maximum absolute atomic E-state index is 12.3. The third kappa shape index (κ3) is 2.33. The fourth-order valence-electron chi connectivity index (χ4n) is 2.01. The first kappa shape index (κ1) is 11.3. The number of carbonyl (C=O) groups excluding carboxylic acids is 1. The predicted octanol–water partition coefficient (Wildman–Crippen LogP) is 2.99. The second-order valence-electron chi connectivity index (χ2n) is 4.39. The monoisotopic (exact) mass is 218 g/mol. The largest absolute Gasteiger partial charge is 0.370 e. The molecule has 1 aromatic rings. The molecule has 2 heteroatoms. The summed E-state index contributed by atoms with van der Waals surface area (Å²) in [4.78, 5) is 12.3. The molecule has 1 atom stereocenters. The summed E-state index contributed by atoms with van der Waals surface area (Å²) in [7, 11) is 0. The van der Waals surface area contributed by atoms with Gasteiger partial charge in [0, 0.05) is 12.2 Å². The summed E-state index contributed by atoms with van der Waals surface area (Å²) in [5, 5.41) is 0. The summed E-state index contributed by atoms with van der Waals surface area (Å²) in [5.74, 6) is 0.606. The molecule has 0 bridgehead atoms. The number of rotatable bonds is 5. The summed E-state index contributed by atoms with van der Waals surface area (Å²) >= 11 is 0. The molecule has 0 spiro atoms. The molecule has 16 heavy (non-hydrogen) atoms. The highest BCUT2D eigenvalue weighted by Crippen LogP contribution is 2.36. The lowest BCUT2D eigenvalue weighted by atomic mass is 9.99. The number of Topliss-reactive ketones (excluding diaryl/α,β-unsaturated/α-hetero) is 1. The smallest absolute Gasteiger partial charge is 0.192 e. The second kappa shape index (κ2) is 4.79. The molecule has 0 heterocycles. The van der Waals surface area contributed by atoms with E-state index < -0.39 is 0 Å². The molecule has 0 radical (unpaired) electrons. The van der Waals surface area contributed by atoms with Crippen molar-refractivity contribution in [1.29, 1.82) is 0 Å². The molecule has 1 saturated carbocycles. The van der Waals surface area contributed by atoms with Crippen molar-refractivity contribution in [2.75, 3.05) is 6.61 Å². The average molecular weight is 218 g/mol. The quantitative estimate of drug-likeness (QED) is 0.710. The molecule has 2 nitrogen and oxygen atoms in total. The maximum atomic E-state index is 12.3. The van der Waals surface area contributed by atoms with Crippen LogP contribution in [0.1, 0.15) is 35.7 Å². The van der Waals surface area contributed by atoms with Crippen LogP contribution in [-0.2, 0) is 4.74 Å². The molecule has 1 fully saturated rings. The molecule has 86 valence electrons. The fourth-order valence-corrected chi connectivity index (χ4v) is 2.01. The van der Waals surface area contributed by atoms with Gasteiger partial charge in [0.25, 0.3) is 0 Å². The first-order chi connectivity index (χ1) is 7.74. The third-order valence-electron chi connectivity index (χ3n) is 3.07. The van der Waals surface area contributed by atoms with Gasteiger partial charge in [-0.2, -0.15) is 0 Å². The number of hydrogen-bond acceptors (Lipinski definition) is 2. The van der Waals surface area contributed by atoms with E-state index in [1.54, 1.807) is 0 Å². The second-order valence-corrected chi connectivity index (χ2v) is 4.39. The van der Waals surface area contributed by atoms with E-state index in [4.69, 9.17) is 4.74 Å². The van der Waals surface area contributed by atoms with E-state index in [9.17, 15) is 4.79 Å². The van der Waals surface area contributed by atoms with Gasteiger partial charge in [0.1, 0.15) is 6.10 Å². The summed E-state index contributed by atoms with van der Waals surface area (Å²) in [6, 6.07) is 7.74. The molecule has 0 N–H and O–H groups in total.